The number of amides is 1. The molecular weight excluding hydrogens is 319 g/mol. The van der Waals surface area contributed by atoms with Gasteiger partial charge in [0.25, 0.3) is 5.91 Å². The summed E-state index contributed by atoms with van der Waals surface area (Å²) in [6, 6.07) is 7.31. The SMILES string of the molecule is Cc1nc(NC(=O)c2cccc(I)c2)n[nH]1. The minimum absolute atomic E-state index is 0.211. The fourth-order valence-corrected chi connectivity index (χ4v) is 1.75. The average molecular weight is 328 g/mol. The van der Waals surface area contributed by atoms with Crippen LogP contribution in [0.4, 0.5) is 5.95 Å². The van der Waals surface area contributed by atoms with Gasteiger partial charge in [0.2, 0.25) is 5.95 Å². The van der Waals surface area contributed by atoms with Crippen LogP contribution in [-0.2, 0) is 0 Å². The van der Waals surface area contributed by atoms with Gasteiger partial charge in [-0.1, -0.05) is 6.07 Å². The van der Waals surface area contributed by atoms with Gasteiger partial charge in [0.15, 0.2) is 0 Å². The highest BCUT2D eigenvalue weighted by atomic mass is 127. The van der Waals surface area contributed by atoms with Crippen molar-refractivity contribution in [3.63, 3.8) is 0 Å². The lowest BCUT2D eigenvalue weighted by Gasteiger charge is -2.00. The number of H-pyrrole nitrogens is 1. The monoisotopic (exact) mass is 328 g/mol. The lowest BCUT2D eigenvalue weighted by atomic mass is 10.2. The molecule has 0 spiro atoms. The lowest BCUT2D eigenvalue weighted by Crippen LogP contribution is -2.13. The Balaban J connectivity index is 2.14. The van der Waals surface area contributed by atoms with E-state index in [1.54, 1.807) is 19.1 Å². The molecule has 0 fully saturated rings. The minimum Gasteiger partial charge on any atom is -0.289 e. The van der Waals surface area contributed by atoms with E-state index in [0.717, 1.165) is 3.57 Å². The fourth-order valence-electron chi connectivity index (χ4n) is 1.20. The van der Waals surface area contributed by atoms with Crippen LogP contribution in [0, 0.1) is 10.5 Å². The first-order valence-corrected chi connectivity index (χ1v) is 5.69. The van der Waals surface area contributed by atoms with Gasteiger partial charge in [-0.15, -0.1) is 5.10 Å². The standard InChI is InChI=1S/C10H9IN4O/c1-6-12-10(15-14-6)13-9(16)7-3-2-4-8(11)5-7/h2-5H,1H3,(H2,12,13,14,15,16). The summed E-state index contributed by atoms with van der Waals surface area (Å²) in [6.45, 7) is 1.77. The van der Waals surface area contributed by atoms with Crippen LogP contribution in [0.2, 0.25) is 0 Å². The predicted molar refractivity (Wildman–Crippen MR) is 68.2 cm³/mol. The molecule has 2 aromatic rings. The number of halogens is 1. The fraction of sp³-hybridized carbons (Fsp3) is 0.100. The molecule has 0 unspecified atom stereocenters. The third kappa shape index (κ3) is 2.57. The maximum atomic E-state index is 11.8. The van der Waals surface area contributed by atoms with E-state index in [9.17, 15) is 4.79 Å². The normalized spacial score (nSPS) is 10.1. The van der Waals surface area contributed by atoms with Gasteiger partial charge in [0.1, 0.15) is 5.82 Å². The summed E-state index contributed by atoms with van der Waals surface area (Å²) in [5.74, 6) is 0.747. The van der Waals surface area contributed by atoms with Crippen molar-refractivity contribution < 1.29 is 4.79 Å². The van der Waals surface area contributed by atoms with Crippen LogP contribution >= 0.6 is 22.6 Å². The molecule has 0 saturated heterocycles. The maximum Gasteiger partial charge on any atom is 0.258 e. The number of hydrogen-bond donors (Lipinski definition) is 2. The highest BCUT2D eigenvalue weighted by Crippen LogP contribution is 2.09. The van der Waals surface area contributed by atoms with Crippen LogP contribution in [0.5, 0.6) is 0 Å². The van der Waals surface area contributed by atoms with E-state index in [4.69, 9.17) is 0 Å². The van der Waals surface area contributed by atoms with Gasteiger partial charge in [-0.25, -0.2) is 0 Å². The predicted octanol–water partition coefficient (Wildman–Crippen LogP) is 1.97. The summed E-state index contributed by atoms with van der Waals surface area (Å²) in [6.07, 6.45) is 0. The maximum absolute atomic E-state index is 11.8. The number of rotatable bonds is 2. The van der Waals surface area contributed by atoms with E-state index in [-0.39, 0.29) is 5.91 Å². The van der Waals surface area contributed by atoms with E-state index >= 15 is 0 Å². The molecule has 2 N–H and O–H groups in total. The minimum atomic E-state index is -0.211. The molecule has 0 bridgehead atoms. The Bertz CT molecular complexity index is 523. The van der Waals surface area contributed by atoms with Crippen LogP contribution in [0.1, 0.15) is 16.2 Å². The summed E-state index contributed by atoms with van der Waals surface area (Å²) >= 11 is 2.16. The second-order valence-corrected chi connectivity index (χ2v) is 4.45. The van der Waals surface area contributed by atoms with Crippen molar-refractivity contribution in [2.24, 2.45) is 0 Å². The number of hydrogen-bond acceptors (Lipinski definition) is 3. The van der Waals surface area contributed by atoms with Gasteiger partial charge >= 0.3 is 0 Å². The number of nitrogens with one attached hydrogen (secondary N) is 2. The molecule has 6 heteroatoms. The first-order valence-electron chi connectivity index (χ1n) is 4.61. The van der Waals surface area contributed by atoms with Crippen molar-refractivity contribution in [2.75, 3.05) is 5.32 Å². The number of carbonyl (C=O) groups excluding carboxylic acids is 1. The van der Waals surface area contributed by atoms with Crippen molar-refractivity contribution >= 4 is 34.4 Å². The Hall–Kier alpha value is -1.44. The molecule has 16 heavy (non-hydrogen) atoms. The summed E-state index contributed by atoms with van der Waals surface area (Å²) < 4.78 is 1.01. The van der Waals surface area contributed by atoms with E-state index < -0.39 is 0 Å². The van der Waals surface area contributed by atoms with Crippen LogP contribution < -0.4 is 5.32 Å². The molecule has 1 amide bonds. The molecule has 0 saturated carbocycles. The molecule has 0 aliphatic rings. The highest BCUT2D eigenvalue weighted by molar-refractivity contribution is 14.1. The van der Waals surface area contributed by atoms with Crippen LogP contribution in [0.25, 0.3) is 0 Å². The first-order chi connectivity index (χ1) is 7.65. The van der Waals surface area contributed by atoms with Crippen molar-refractivity contribution in [3.8, 4) is 0 Å². The Labute approximate surface area is 106 Å². The number of carbonyl (C=O) groups is 1. The topological polar surface area (TPSA) is 70.7 Å². The highest BCUT2D eigenvalue weighted by Gasteiger charge is 2.08. The molecule has 0 aliphatic heterocycles. The molecule has 1 heterocycles. The summed E-state index contributed by atoms with van der Waals surface area (Å²) in [7, 11) is 0. The average Bonchev–Trinajstić information content (AvgIpc) is 2.64. The molecule has 1 aromatic heterocycles. The molecule has 0 atom stereocenters. The zero-order chi connectivity index (χ0) is 11.5. The number of aromatic amines is 1. The largest absolute Gasteiger partial charge is 0.289 e. The van der Waals surface area contributed by atoms with Gasteiger partial charge < -0.3 is 0 Å². The van der Waals surface area contributed by atoms with Gasteiger partial charge in [0, 0.05) is 9.13 Å². The third-order valence-electron chi connectivity index (χ3n) is 1.91. The lowest BCUT2D eigenvalue weighted by molar-refractivity contribution is 0.102. The Morgan fingerprint density at radius 2 is 2.31 bits per heavy atom. The molecule has 5 nitrogen and oxygen atoms in total. The molecule has 1 aromatic carbocycles. The van der Waals surface area contributed by atoms with Crippen molar-refractivity contribution in [2.45, 2.75) is 6.92 Å². The second kappa shape index (κ2) is 4.60. The number of anilines is 1. The quantitative estimate of drug-likeness (QED) is 0.828. The van der Waals surface area contributed by atoms with Gasteiger partial charge in [0.05, 0.1) is 0 Å². The van der Waals surface area contributed by atoms with Crippen molar-refractivity contribution in [3.05, 3.63) is 39.2 Å². The number of nitrogens with zero attached hydrogens (tertiary/aromatic N) is 2. The zero-order valence-corrected chi connectivity index (χ0v) is 10.6. The van der Waals surface area contributed by atoms with Crippen molar-refractivity contribution in [1.29, 1.82) is 0 Å². The van der Waals surface area contributed by atoms with E-state index in [1.165, 1.54) is 0 Å². The number of benzene rings is 1. The van der Waals surface area contributed by atoms with Gasteiger partial charge in [-0.05, 0) is 47.7 Å². The smallest absolute Gasteiger partial charge is 0.258 e. The van der Waals surface area contributed by atoms with Gasteiger partial charge in [-0.3, -0.25) is 15.2 Å². The summed E-state index contributed by atoms with van der Waals surface area (Å²) in [5, 5.41) is 9.10. The molecule has 82 valence electrons. The Kier molecular flexibility index (Phi) is 3.18. The van der Waals surface area contributed by atoms with E-state index in [2.05, 4.69) is 43.1 Å². The number of aromatic nitrogens is 3. The van der Waals surface area contributed by atoms with Gasteiger partial charge in [-0.2, -0.15) is 4.98 Å². The molecule has 0 radical (unpaired) electrons. The van der Waals surface area contributed by atoms with Crippen molar-refractivity contribution in [1.82, 2.24) is 15.2 Å². The molecule has 2 rings (SSSR count). The van der Waals surface area contributed by atoms with Crippen LogP contribution in [0.3, 0.4) is 0 Å². The summed E-state index contributed by atoms with van der Waals surface area (Å²) in [4.78, 5) is 15.8. The van der Waals surface area contributed by atoms with E-state index in [1.807, 2.05) is 12.1 Å². The van der Waals surface area contributed by atoms with Crippen LogP contribution in [0.15, 0.2) is 24.3 Å². The molecular formula is C10H9IN4O. The molecule has 0 aliphatic carbocycles. The zero-order valence-electron chi connectivity index (χ0n) is 8.49. The third-order valence-corrected chi connectivity index (χ3v) is 2.58. The second-order valence-electron chi connectivity index (χ2n) is 3.21. The first kappa shape index (κ1) is 11.1. The summed E-state index contributed by atoms with van der Waals surface area (Å²) in [5.41, 5.74) is 0.592. The van der Waals surface area contributed by atoms with Crippen LogP contribution in [-0.4, -0.2) is 21.1 Å². The van der Waals surface area contributed by atoms with E-state index in [0.29, 0.717) is 17.3 Å². The Morgan fingerprint density at radius 3 is 2.94 bits per heavy atom. The Morgan fingerprint density at radius 1 is 1.50 bits per heavy atom. The number of aryl methyl sites for hydroxylation is 1.